The van der Waals surface area contributed by atoms with E-state index in [0.717, 1.165) is 5.56 Å². The quantitative estimate of drug-likeness (QED) is 0.583. The molecule has 1 saturated heterocycles. The Kier molecular flexibility index (Phi) is 7.06. The van der Waals surface area contributed by atoms with E-state index in [9.17, 15) is 19.5 Å². The molecule has 1 aromatic rings. The van der Waals surface area contributed by atoms with Gasteiger partial charge in [0.25, 0.3) is 0 Å². The Morgan fingerprint density at radius 2 is 1.97 bits per heavy atom. The molecule has 1 fully saturated rings. The lowest BCUT2D eigenvalue weighted by atomic mass is 9.69. The first-order chi connectivity index (χ1) is 14.8. The molecule has 1 aliphatic carbocycles. The van der Waals surface area contributed by atoms with Crippen molar-refractivity contribution in [2.75, 3.05) is 19.0 Å². The van der Waals surface area contributed by atoms with Crippen molar-refractivity contribution in [3.8, 4) is 0 Å². The smallest absolute Gasteiger partial charge is 0.247 e. The van der Waals surface area contributed by atoms with E-state index < -0.39 is 29.8 Å². The van der Waals surface area contributed by atoms with Gasteiger partial charge in [0.2, 0.25) is 17.7 Å². The summed E-state index contributed by atoms with van der Waals surface area (Å²) in [4.78, 5) is 41.2. The molecule has 0 saturated carbocycles. The number of aryl methyl sites for hydroxylation is 1. The standard InChI is InChI=1S/C23H30ClN3O4/c1-5-14-9-10-15-18(17(14)21(29)25-4)23(31)27(13(3)11-28)20(15)22(30)26-19-12(2)7-6-8-16(19)24/h6-10,13-15,17-18,20,28H,5,11H2,1-4H3,(H,25,29)(H,26,30)/t13-,14-,15+,17-,18+,20+/m1/s1. The minimum Gasteiger partial charge on any atom is -0.394 e. The number of allylic oxidation sites excluding steroid dienone is 1. The van der Waals surface area contributed by atoms with Crippen molar-refractivity contribution in [1.29, 1.82) is 0 Å². The lowest BCUT2D eigenvalue weighted by molar-refractivity contribution is -0.142. The summed E-state index contributed by atoms with van der Waals surface area (Å²) in [6, 6.07) is 3.91. The van der Waals surface area contributed by atoms with Gasteiger partial charge in [0.15, 0.2) is 0 Å². The van der Waals surface area contributed by atoms with E-state index in [0.29, 0.717) is 17.1 Å². The third-order valence-corrected chi connectivity index (χ3v) is 6.86. The first-order valence-corrected chi connectivity index (χ1v) is 11.0. The van der Waals surface area contributed by atoms with Crippen molar-refractivity contribution >= 4 is 35.0 Å². The van der Waals surface area contributed by atoms with Gasteiger partial charge in [-0.05, 0) is 37.8 Å². The van der Waals surface area contributed by atoms with Gasteiger partial charge < -0.3 is 20.6 Å². The summed E-state index contributed by atoms with van der Waals surface area (Å²) in [6.45, 7) is 5.23. The van der Waals surface area contributed by atoms with Crippen LogP contribution in [0.4, 0.5) is 5.69 Å². The van der Waals surface area contributed by atoms with Crippen LogP contribution < -0.4 is 10.6 Å². The highest BCUT2D eigenvalue weighted by molar-refractivity contribution is 6.34. The molecule has 0 unspecified atom stereocenters. The molecule has 1 aliphatic heterocycles. The van der Waals surface area contributed by atoms with Crippen LogP contribution in [0.25, 0.3) is 0 Å². The number of carbonyl (C=O) groups excluding carboxylic acids is 3. The number of carbonyl (C=O) groups is 3. The van der Waals surface area contributed by atoms with Crippen molar-refractivity contribution in [3.63, 3.8) is 0 Å². The molecule has 0 radical (unpaired) electrons. The number of aliphatic hydroxyl groups is 1. The molecule has 1 heterocycles. The number of aliphatic hydroxyl groups excluding tert-OH is 1. The lowest BCUT2D eigenvalue weighted by Gasteiger charge is -2.34. The molecule has 31 heavy (non-hydrogen) atoms. The Hall–Kier alpha value is -2.38. The third kappa shape index (κ3) is 4.08. The van der Waals surface area contributed by atoms with Crippen LogP contribution in [-0.2, 0) is 14.4 Å². The van der Waals surface area contributed by atoms with E-state index in [2.05, 4.69) is 10.6 Å². The van der Waals surface area contributed by atoms with Gasteiger partial charge in [-0.3, -0.25) is 14.4 Å². The van der Waals surface area contributed by atoms with E-state index >= 15 is 0 Å². The fourth-order valence-corrected chi connectivity index (χ4v) is 5.18. The van der Waals surface area contributed by atoms with Crippen LogP contribution in [0.3, 0.4) is 0 Å². The average molecular weight is 448 g/mol. The van der Waals surface area contributed by atoms with E-state index in [-0.39, 0.29) is 30.2 Å². The molecule has 3 amide bonds. The number of hydrogen-bond acceptors (Lipinski definition) is 4. The Bertz CT molecular complexity index is 883. The minimum atomic E-state index is -0.850. The molecule has 1 aromatic carbocycles. The maximum absolute atomic E-state index is 13.5. The molecular weight excluding hydrogens is 418 g/mol. The Balaban J connectivity index is 2.04. The number of para-hydroxylation sites is 1. The number of amides is 3. The zero-order valence-corrected chi connectivity index (χ0v) is 19.0. The molecule has 3 rings (SSSR count). The van der Waals surface area contributed by atoms with Crippen LogP contribution in [0.2, 0.25) is 5.02 Å². The first kappa shape index (κ1) is 23.3. The van der Waals surface area contributed by atoms with Crippen molar-refractivity contribution in [2.45, 2.75) is 39.3 Å². The summed E-state index contributed by atoms with van der Waals surface area (Å²) in [7, 11) is 1.56. The molecule has 2 aliphatic rings. The summed E-state index contributed by atoms with van der Waals surface area (Å²) in [5.74, 6) is -2.66. The summed E-state index contributed by atoms with van der Waals surface area (Å²) in [5, 5.41) is 15.8. The number of halogens is 1. The van der Waals surface area contributed by atoms with Crippen molar-refractivity contribution in [1.82, 2.24) is 10.2 Å². The van der Waals surface area contributed by atoms with Crippen LogP contribution in [0.1, 0.15) is 25.8 Å². The van der Waals surface area contributed by atoms with Gasteiger partial charge in [-0.1, -0.05) is 42.8 Å². The summed E-state index contributed by atoms with van der Waals surface area (Å²) in [6.07, 6.45) is 4.54. The number of fused-ring (bicyclic) bond motifs is 1. The second kappa shape index (κ2) is 9.40. The van der Waals surface area contributed by atoms with Crippen LogP contribution in [0.15, 0.2) is 30.4 Å². The van der Waals surface area contributed by atoms with Gasteiger partial charge in [-0.2, -0.15) is 0 Å². The third-order valence-electron chi connectivity index (χ3n) is 6.55. The predicted molar refractivity (Wildman–Crippen MR) is 119 cm³/mol. The molecule has 3 N–H and O–H groups in total. The molecular formula is C23H30ClN3O4. The monoisotopic (exact) mass is 447 g/mol. The summed E-state index contributed by atoms with van der Waals surface area (Å²) < 4.78 is 0. The Morgan fingerprint density at radius 3 is 2.55 bits per heavy atom. The molecule has 7 nitrogen and oxygen atoms in total. The van der Waals surface area contributed by atoms with Crippen LogP contribution in [-0.4, -0.2) is 53.5 Å². The molecule has 8 heteroatoms. The zero-order chi connectivity index (χ0) is 22.9. The van der Waals surface area contributed by atoms with Crippen molar-refractivity contribution in [2.24, 2.45) is 23.7 Å². The molecule has 6 atom stereocenters. The average Bonchev–Trinajstić information content (AvgIpc) is 3.07. The van der Waals surface area contributed by atoms with E-state index in [1.165, 1.54) is 4.90 Å². The van der Waals surface area contributed by atoms with Gasteiger partial charge in [0.05, 0.1) is 35.2 Å². The fraction of sp³-hybridized carbons (Fsp3) is 0.522. The maximum atomic E-state index is 13.5. The van der Waals surface area contributed by atoms with Gasteiger partial charge in [-0.25, -0.2) is 0 Å². The number of rotatable bonds is 6. The SMILES string of the molecule is CC[C@@H]1C=C[C@H]2[C@H](C(=O)N([C@H](C)CO)[C@@H]2C(=O)Nc2c(C)cccc2Cl)[C@@H]1C(=O)NC. The predicted octanol–water partition coefficient (Wildman–Crippen LogP) is 2.37. The summed E-state index contributed by atoms with van der Waals surface area (Å²) in [5.41, 5.74) is 1.30. The topological polar surface area (TPSA) is 98.7 Å². The van der Waals surface area contributed by atoms with Crippen LogP contribution in [0, 0.1) is 30.6 Å². The second-order valence-electron chi connectivity index (χ2n) is 8.34. The minimum absolute atomic E-state index is 0.0935. The highest BCUT2D eigenvalue weighted by Gasteiger charge is 2.57. The van der Waals surface area contributed by atoms with Gasteiger partial charge in [0, 0.05) is 13.0 Å². The zero-order valence-electron chi connectivity index (χ0n) is 18.3. The lowest BCUT2D eigenvalue weighted by Crippen LogP contribution is -2.49. The number of nitrogens with zero attached hydrogens (tertiary/aromatic N) is 1. The number of anilines is 1. The maximum Gasteiger partial charge on any atom is 0.247 e. The number of likely N-dealkylation sites (tertiary alicyclic amines) is 1. The molecule has 0 bridgehead atoms. The summed E-state index contributed by atoms with van der Waals surface area (Å²) >= 11 is 6.29. The normalized spacial score (nSPS) is 28.3. The van der Waals surface area contributed by atoms with Crippen LogP contribution in [0.5, 0.6) is 0 Å². The largest absolute Gasteiger partial charge is 0.394 e. The van der Waals surface area contributed by atoms with Crippen molar-refractivity contribution in [3.05, 3.63) is 40.9 Å². The number of nitrogens with one attached hydrogen (secondary N) is 2. The molecule has 0 spiro atoms. The Morgan fingerprint density at radius 1 is 1.26 bits per heavy atom. The van der Waals surface area contributed by atoms with Crippen LogP contribution >= 0.6 is 11.6 Å². The fourth-order valence-electron chi connectivity index (χ4n) is 4.91. The van der Waals surface area contributed by atoms with E-state index in [4.69, 9.17) is 11.6 Å². The second-order valence-corrected chi connectivity index (χ2v) is 8.75. The highest BCUT2D eigenvalue weighted by Crippen LogP contribution is 2.45. The number of hydrogen-bond donors (Lipinski definition) is 3. The van der Waals surface area contributed by atoms with E-state index in [1.54, 1.807) is 26.1 Å². The van der Waals surface area contributed by atoms with Crippen molar-refractivity contribution < 1.29 is 19.5 Å². The number of benzene rings is 1. The first-order valence-electron chi connectivity index (χ1n) is 10.7. The highest BCUT2D eigenvalue weighted by atomic mass is 35.5. The molecule has 168 valence electrons. The van der Waals surface area contributed by atoms with Gasteiger partial charge in [0.1, 0.15) is 6.04 Å². The Labute approximate surface area is 187 Å². The molecule has 0 aromatic heterocycles. The van der Waals surface area contributed by atoms with E-state index in [1.807, 2.05) is 32.1 Å². The van der Waals surface area contributed by atoms with Gasteiger partial charge in [-0.15, -0.1) is 0 Å². The van der Waals surface area contributed by atoms with Gasteiger partial charge >= 0.3 is 0 Å².